The van der Waals surface area contributed by atoms with E-state index in [2.05, 4.69) is 16.8 Å². The topological polar surface area (TPSA) is 41.6 Å². The van der Waals surface area contributed by atoms with E-state index >= 15 is 0 Å². The Morgan fingerprint density at radius 3 is 3.25 bits per heavy atom. The van der Waals surface area contributed by atoms with Crippen LogP contribution in [0.25, 0.3) is 0 Å². The maximum absolute atomic E-state index is 11.7. The maximum atomic E-state index is 11.7. The highest BCUT2D eigenvalue weighted by Crippen LogP contribution is 2.23. The van der Waals surface area contributed by atoms with Crippen LogP contribution in [0, 0.1) is 0 Å². The van der Waals surface area contributed by atoms with Crippen molar-refractivity contribution >= 4 is 17.2 Å². The van der Waals surface area contributed by atoms with E-state index in [1.54, 1.807) is 11.3 Å². The molecule has 1 aromatic heterocycles. The lowest BCUT2D eigenvalue weighted by molar-refractivity contribution is -0.128. The average Bonchev–Trinajstić information content (AvgIpc) is 2.89. The fraction of sp³-hybridized carbons (Fsp3) is 0.545. The first kappa shape index (κ1) is 11.6. The number of nitrogens with zero attached hydrogens (tertiary/aromatic N) is 1. The van der Waals surface area contributed by atoms with Crippen molar-refractivity contribution in [2.75, 3.05) is 26.3 Å². The van der Waals surface area contributed by atoms with Crippen molar-refractivity contribution < 1.29 is 9.53 Å². The van der Waals surface area contributed by atoms with Crippen LogP contribution in [0.3, 0.4) is 0 Å². The fourth-order valence-electron chi connectivity index (χ4n) is 1.83. The summed E-state index contributed by atoms with van der Waals surface area (Å²) in [4.78, 5) is 13.5. The standard InChI is InChI=1S/C11H16N2O2S/c1-2-15-5-4-13-10(14)7-12-11(13)9-3-6-16-8-9/h3,6,8,11-12H,2,4-5,7H2,1H3. The Morgan fingerprint density at radius 1 is 1.69 bits per heavy atom. The number of ether oxygens (including phenoxy) is 1. The molecule has 5 heteroatoms. The molecule has 4 nitrogen and oxygen atoms in total. The third kappa shape index (κ3) is 2.42. The Balaban J connectivity index is 1.99. The van der Waals surface area contributed by atoms with Crippen LogP contribution in [-0.4, -0.2) is 37.1 Å². The SMILES string of the molecule is CCOCCN1C(=O)CNC1c1ccsc1. The molecule has 0 aliphatic carbocycles. The number of nitrogens with one attached hydrogen (secondary N) is 1. The zero-order chi connectivity index (χ0) is 11.4. The predicted octanol–water partition coefficient (Wildman–Crippen LogP) is 1.22. The zero-order valence-corrected chi connectivity index (χ0v) is 10.1. The summed E-state index contributed by atoms with van der Waals surface area (Å²) >= 11 is 1.65. The molecule has 1 aliphatic rings. The number of carbonyl (C=O) groups is 1. The third-order valence-electron chi connectivity index (χ3n) is 2.62. The number of amides is 1. The molecule has 1 saturated heterocycles. The summed E-state index contributed by atoms with van der Waals surface area (Å²) < 4.78 is 5.29. The van der Waals surface area contributed by atoms with Gasteiger partial charge >= 0.3 is 0 Å². The van der Waals surface area contributed by atoms with Crippen LogP contribution in [0.15, 0.2) is 16.8 Å². The Labute approximate surface area is 99.2 Å². The first-order valence-corrected chi connectivity index (χ1v) is 6.40. The predicted molar refractivity (Wildman–Crippen MR) is 63.3 cm³/mol. The molecule has 2 heterocycles. The van der Waals surface area contributed by atoms with E-state index in [9.17, 15) is 4.79 Å². The molecule has 16 heavy (non-hydrogen) atoms. The van der Waals surface area contributed by atoms with Gasteiger partial charge in [0.25, 0.3) is 0 Å². The second-order valence-electron chi connectivity index (χ2n) is 3.62. The summed E-state index contributed by atoms with van der Waals surface area (Å²) in [6.45, 7) is 4.33. The third-order valence-corrected chi connectivity index (χ3v) is 3.32. The van der Waals surface area contributed by atoms with Crippen LogP contribution < -0.4 is 5.32 Å². The van der Waals surface area contributed by atoms with Gasteiger partial charge in [-0.3, -0.25) is 10.1 Å². The average molecular weight is 240 g/mol. The molecule has 0 radical (unpaired) electrons. The van der Waals surface area contributed by atoms with Gasteiger partial charge in [-0.1, -0.05) is 0 Å². The number of hydrogen-bond acceptors (Lipinski definition) is 4. The summed E-state index contributed by atoms with van der Waals surface area (Å²) in [6.07, 6.45) is 0.0270. The van der Waals surface area contributed by atoms with Crippen LogP contribution in [0.1, 0.15) is 18.7 Å². The number of thiophene rings is 1. The van der Waals surface area contributed by atoms with Crippen molar-refractivity contribution in [2.24, 2.45) is 0 Å². The van der Waals surface area contributed by atoms with Gasteiger partial charge in [0, 0.05) is 13.2 Å². The highest BCUT2D eigenvalue weighted by molar-refractivity contribution is 7.07. The van der Waals surface area contributed by atoms with E-state index in [1.165, 1.54) is 0 Å². The largest absolute Gasteiger partial charge is 0.380 e. The van der Waals surface area contributed by atoms with Crippen molar-refractivity contribution in [3.63, 3.8) is 0 Å². The van der Waals surface area contributed by atoms with E-state index < -0.39 is 0 Å². The summed E-state index contributed by atoms with van der Waals surface area (Å²) in [5.74, 6) is 0.149. The first-order valence-electron chi connectivity index (χ1n) is 5.45. The van der Waals surface area contributed by atoms with E-state index in [-0.39, 0.29) is 12.1 Å². The van der Waals surface area contributed by atoms with Gasteiger partial charge in [-0.2, -0.15) is 11.3 Å². The van der Waals surface area contributed by atoms with Crippen molar-refractivity contribution in [2.45, 2.75) is 13.1 Å². The summed E-state index contributed by atoms with van der Waals surface area (Å²) in [5, 5.41) is 7.31. The Bertz CT molecular complexity index is 340. The molecule has 1 atom stereocenters. The molecule has 0 spiro atoms. The van der Waals surface area contributed by atoms with Crippen LogP contribution in [-0.2, 0) is 9.53 Å². The molecule has 88 valence electrons. The van der Waals surface area contributed by atoms with Gasteiger partial charge in [0.1, 0.15) is 6.17 Å². The van der Waals surface area contributed by atoms with Crippen molar-refractivity contribution in [3.05, 3.63) is 22.4 Å². The molecule has 1 N–H and O–H groups in total. The smallest absolute Gasteiger partial charge is 0.238 e. The van der Waals surface area contributed by atoms with Crippen LogP contribution in [0.4, 0.5) is 0 Å². The molecule has 1 fully saturated rings. The van der Waals surface area contributed by atoms with Crippen molar-refractivity contribution in [3.8, 4) is 0 Å². The molecule has 0 bridgehead atoms. The minimum Gasteiger partial charge on any atom is -0.380 e. The number of rotatable bonds is 5. The minimum absolute atomic E-state index is 0.0270. The second-order valence-corrected chi connectivity index (χ2v) is 4.40. The molecule has 2 rings (SSSR count). The second kappa shape index (κ2) is 5.43. The molecule has 0 aromatic carbocycles. The number of carbonyl (C=O) groups excluding carboxylic acids is 1. The maximum Gasteiger partial charge on any atom is 0.238 e. The fourth-order valence-corrected chi connectivity index (χ4v) is 2.51. The van der Waals surface area contributed by atoms with Gasteiger partial charge in [-0.15, -0.1) is 0 Å². The molecule has 1 aliphatic heterocycles. The highest BCUT2D eigenvalue weighted by atomic mass is 32.1. The van der Waals surface area contributed by atoms with Gasteiger partial charge in [0.15, 0.2) is 0 Å². The van der Waals surface area contributed by atoms with Crippen LogP contribution in [0.2, 0.25) is 0 Å². The molecule has 1 amide bonds. The first-order chi connectivity index (χ1) is 7.83. The normalized spacial score (nSPS) is 20.7. The highest BCUT2D eigenvalue weighted by Gasteiger charge is 2.31. The molecular formula is C11H16N2O2S. The van der Waals surface area contributed by atoms with Gasteiger partial charge in [-0.05, 0) is 29.3 Å². The lowest BCUT2D eigenvalue weighted by Gasteiger charge is -2.23. The summed E-state index contributed by atoms with van der Waals surface area (Å²) in [5.41, 5.74) is 1.16. The number of hydrogen-bond donors (Lipinski definition) is 1. The van der Waals surface area contributed by atoms with Crippen molar-refractivity contribution in [1.29, 1.82) is 0 Å². The summed E-state index contributed by atoms with van der Waals surface area (Å²) in [6, 6.07) is 2.05. The summed E-state index contributed by atoms with van der Waals surface area (Å²) in [7, 11) is 0. The van der Waals surface area contributed by atoms with Crippen LogP contribution >= 0.6 is 11.3 Å². The van der Waals surface area contributed by atoms with Gasteiger partial charge in [0.2, 0.25) is 5.91 Å². The lowest BCUT2D eigenvalue weighted by atomic mass is 10.2. The lowest BCUT2D eigenvalue weighted by Crippen LogP contribution is -2.33. The molecule has 1 aromatic rings. The van der Waals surface area contributed by atoms with Crippen LogP contribution in [0.5, 0.6) is 0 Å². The van der Waals surface area contributed by atoms with Gasteiger partial charge in [-0.25, -0.2) is 0 Å². The Morgan fingerprint density at radius 2 is 2.56 bits per heavy atom. The molecule has 0 saturated carbocycles. The zero-order valence-electron chi connectivity index (χ0n) is 9.31. The quantitative estimate of drug-likeness (QED) is 0.787. The molecular weight excluding hydrogens is 224 g/mol. The Hall–Kier alpha value is -0.910. The van der Waals surface area contributed by atoms with E-state index in [1.807, 2.05) is 17.2 Å². The minimum atomic E-state index is 0.0270. The monoisotopic (exact) mass is 240 g/mol. The molecule has 1 unspecified atom stereocenters. The van der Waals surface area contributed by atoms with E-state index in [0.29, 0.717) is 26.3 Å². The van der Waals surface area contributed by atoms with Crippen molar-refractivity contribution in [1.82, 2.24) is 10.2 Å². The van der Waals surface area contributed by atoms with E-state index in [4.69, 9.17) is 4.74 Å². The van der Waals surface area contributed by atoms with Gasteiger partial charge < -0.3 is 9.64 Å². The van der Waals surface area contributed by atoms with E-state index in [0.717, 1.165) is 5.56 Å². The Kier molecular flexibility index (Phi) is 3.93. The van der Waals surface area contributed by atoms with Gasteiger partial charge in [0.05, 0.1) is 13.2 Å².